The largest absolute Gasteiger partial charge is 0.393 e. The Labute approximate surface area is 145 Å². The summed E-state index contributed by atoms with van der Waals surface area (Å²) < 4.78 is 9.65. The van der Waals surface area contributed by atoms with Gasteiger partial charge in [0.1, 0.15) is 0 Å². The van der Waals surface area contributed by atoms with Crippen molar-refractivity contribution in [2.75, 3.05) is 0 Å². The van der Waals surface area contributed by atoms with Gasteiger partial charge in [-0.3, -0.25) is 19.2 Å². The molecule has 3 saturated heterocycles. The number of carbonyl (C=O) groups excluding carboxylic acids is 4. The Bertz CT molecular complexity index is 707. The molecule has 3 heterocycles. The molecule has 0 bridgehead atoms. The lowest BCUT2D eigenvalue weighted by molar-refractivity contribution is -0.155. The summed E-state index contributed by atoms with van der Waals surface area (Å²) in [7, 11) is 0. The Balaban J connectivity index is 1.52. The molecule has 3 unspecified atom stereocenters. The van der Waals surface area contributed by atoms with E-state index in [1.165, 1.54) is 11.8 Å². The molecule has 0 amide bonds. The van der Waals surface area contributed by atoms with Gasteiger partial charge in [0.05, 0.1) is 34.2 Å². The molecular weight excluding hydrogens is 352 g/mol. The van der Waals surface area contributed by atoms with E-state index in [0.29, 0.717) is 12.8 Å². The molecule has 0 spiro atoms. The number of hydrogen-bond donors (Lipinski definition) is 0. The molecule has 0 saturated carbocycles. The van der Waals surface area contributed by atoms with Crippen molar-refractivity contribution in [1.82, 2.24) is 0 Å². The van der Waals surface area contributed by atoms with Gasteiger partial charge in [-0.1, -0.05) is 23.9 Å². The maximum Gasteiger partial charge on any atom is 0.318 e. The van der Waals surface area contributed by atoms with E-state index < -0.39 is 47.5 Å². The van der Waals surface area contributed by atoms with Crippen LogP contribution in [0.25, 0.3) is 0 Å². The first-order valence-corrected chi connectivity index (χ1v) is 9.55. The molecule has 6 nitrogen and oxygen atoms in total. The first-order valence-electron chi connectivity index (χ1n) is 7.79. The van der Waals surface area contributed by atoms with Gasteiger partial charge >= 0.3 is 23.9 Å². The molecule has 5 rings (SSSR count). The van der Waals surface area contributed by atoms with Crippen LogP contribution in [0, 0.1) is 23.7 Å². The Morgan fingerprint density at radius 1 is 0.750 bits per heavy atom. The second-order valence-electron chi connectivity index (χ2n) is 6.51. The van der Waals surface area contributed by atoms with Gasteiger partial charge in [0.2, 0.25) is 0 Å². The van der Waals surface area contributed by atoms with Crippen LogP contribution >= 0.6 is 23.5 Å². The standard InChI is InChI=1S/C16H12O6S2/c17-13-5-1-3-7-11(9(5)15(19)21-13)24-12-8(23-7)4-2-6-10(12)16(20)22-14(6)18/h3-6,9-12H,1-2H2/t5-,6?,9-,10?,11+,12?/m0/s1. The first kappa shape index (κ1) is 14.8. The highest BCUT2D eigenvalue weighted by Crippen LogP contribution is 2.59. The predicted molar refractivity (Wildman–Crippen MR) is 84.3 cm³/mol. The lowest BCUT2D eigenvalue weighted by Crippen LogP contribution is -2.41. The number of carbonyl (C=O) groups is 4. The van der Waals surface area contributed by atoms with Crippen LogP contribution in [0.3, 0.4) is 0 Å². The number of thioether (sulfide) groups is 2. The zero-order valence-electron chi connectivity index (χ0n) is 12.3. The zero-order valence-corrected chi connectivity index (χ0v) is 13.9. The SMILES string of the molecule is O=C1OC(=O)C2C1CC=C1SC3=CC[C@@H]4C(=O)OC(=O)[C@@H]4[C@@H]3SC12. The van der Waals surface area contributed by atoms with Crippen LogP contribution in [0.2, 0.25) is 0 Å². The molecule has 6 atom stereocenters. The van der Waals surface area contributed by atoms with Crippen molar-refractivity contribution >= 4 is 47.4 Å². The number of fused-ring (bicyclic) bond motifs is 6. The van der Waals surface area contributed by atoms with Gasteiger partial charge in [-0.15, -0.1) is 11.8 Å². The highest BCUT2D eigenvalue weighted by atomic mass is 32.2. The second kappa shape index (κ2) is 4.98. The number of ether oxygens (including phenoxy) is 2. The summed E-state index contributed by atoms with van der Waals surface area (Å²) in [4.78, 5) is 50.0. The molecule has 2 aliphatic carbocycles. The number of cyclic esters (lactones) is 4. The van der Waals surface area contributed by atoms with E-state index in [4.69, 9.17) is 9.47 Å². The van der Waals surface area contributed by atoms with Crippen molar-refractivity contribution in [3.8, 4) is 0 Å². The third kappa shape index (κ3) is 1.86. The number of allylic oxidation sites excluding steroid dienone is 2. The molecule has 0 aromatic carbocycles. The number of hydrogen-bond acceptors (Lipinski definition) is 8. The van der Waals surface area contributed by atoms with Crippen LogP contribution in [0.5, 0.6) is 0 Å². The quantitative estimate of drug-likeness (QED) is 0.471. The van der Waals surface area contributed by atoms with E-state index in [1.807, 2.05) is 12.2 Å². The summed E-state index contributed by atoms with van der Waals surface area (Å²) in [5.74, 6) is -3.71. The molecule has 0 N–H and O–H groups in total. The van der Waals surface area contributed by atoms with E-state index in [1.54, 1.807) is 11.8 Å². The molecule has 24 heavy (non-hydrogen) atoms. The minimum atomic E-state index is -0.495. The van der Waals surface area contributed by atoms with Gasteiger partial charge in [0.15, 0.2) is 0 Å². The van der Waals surface area contributed by atoms with Crippen LogP contribution in [-0.4, -0.2) is 34.4 Å². The van der Waals surface area contributed by atoms with Crippen molar-refractivity contribution in [3.05, 3.63) is 22.0 Å². The average molecular weight is 364 g/mol. The van der Waals surface area contributed by atoms with Gasteiger partial charge in [-0.25, -0.2) is 0 Å². The van der Waals surface area contributed by atoms with Crippen LogP contribution < -0.4 is 0 Å². The molecule has 3 aliphatic heterocycles. The minimum Gasteiger partial charge on any atom is -0.393 e. The molecule has 124 valence electrons. The summed E-state index contributed by atoms with van der Waals surface area (Å²) in [5, 5.41) is -0.394. The van der Waals surface area contributed by atoms with Gasteiger partial charge in [0.25, 0.3) is 0 Å². The monoisotopic (exact) mass is 364 g/mol. The Hall–Kier alpha value is -1.54. The molecule has 0 radical (unpaired) electrons. The summed E-state index contributed by atoms with van der Waals surface area (Å²) in [5.41, 5.74) is 0. The maximum absolute atomic E-state index is 12.1. The molecule has 8 heteroatoms. The molecule has 0 aromatic heterocycles. The average Bonchev–Trinajstić information content (AvgIpc) is 3.02. The van der Waals surface area contributed by atoms with Crippen molar-refractivity contribution in [2.24, 2.45) is 23.7 Å². The summed E-state index contributed by atoms with van der Waals surface area (Å²) in [6, 6.07) is 0. The fourth-order valence-corrected chi connectivity index (χ4v) is 7.63. The summed E-state index contributed by atoms with van der Waals surface area (Å²) in [6.45, 7) is 0. The number of esters is 4. The van der Waals surface area contributed by atoms with E-state index >= 15 is 0 Å². The van der Waals surface area contributed by atoms with Gasteiger partial charge in [0, 0.05) is 0 Å². The van der Waals surface area contributed by atoms with E-state index in [9.17, 15) is 19.2 Å². The van der Waals surface area contributed by atoms with Crippen LogP contribution in [0.4, 0.5) is 0 Å². The first-order chi connectivity index (χ1) is 11.5. The van der Waals surface area contributed by atoms with Gasteiger partial charge < -0.3 is 9.47 Å². The lowest BCUT2D eigenvalue weighted by Gasteiger charge is -2.41. The van der Waals surface area contributed by atoms with E-state index in [2.05, 4.69) is 0 Å². The number of rotatable bonds is 0. The minimum absolute atomic E-state index is 0.197. The Kier molecular flexibility index (Phi) is 3.07. The summed E-state index contributed by atoms with van der Waals surface area (Å²) >= 11 is 3.07. The smallest absolute Gasteiger partial charge is 0.318 e. The van der Waals surface area contributed by atoms with E-state index in [-0.39, 0.29) is 10.5 Å². The third-order valence-electron chi connectivity index (χ3n) is 5.31. The normalized spacial score (nSPS) is 43.0. The molecular formula is C16H12O6S2. The molecule has 0 aromatic rings. The Morgan fingerprint density at radius 3 is 1.67 bits per heavy atom. The van der Waals surface area contributed by atoms with Crippen molar-refractivity contribution in [3.63, 3.8) is 0 Å². The topological polar surface area (TPSA) is 86.7 Å². The maximum atomic E-state index is 12.1. The second-order valence-corrected chi connectivity index (χ2v) is 8.94. The molecule has 5 aliphatic rings. The van der Waals surface area contributed by atoms with Crippen molar-refractivity contribution in [1.29, 1.82) is 0 Å². The van der Waals surface area contributed by atoms with E-state index in [0.717, 1.165) is 9.81 Å². The zero-order chi connectivity index (χ0) is 16.6. The predicted octanol–water partition coefficient (Wildman–Crippen LogP) is 1.41. The fourth-order valence-electron chi connectivity index (χ4n) is 4.13. The fraction of sp³-hybridized carbons (Fsp3) is 0.500. The van der Waals surface area contributed by atoms with Crippen LogP contribution in [0.1, 0.15) is 12.8 Å². The van der Waals surface area contributed by atoms with Gasteiger partial charge in [-0.2, -0.15) is 0 Å². The van der Waals surface area contributed by atoms with Crippen molar-refractivity contribution < 1.29 is 28.7 Å². The van der Waals surface area contributed by atoms with Crippen LogP contribution in [0.15, 0.2) is 22.0 Å². The van der Waals surface area contributed by atoms with Crippen molar-refractivity contribution in [2.45, 2.75) is 23.3 Å². The summed E-state index contributed by atoms with van der Waals surface area (Å²) in [6.07, 6.45) is 5.04. The molecule has 3 fully saturated rings. The Morgan fingerprint density at radius 2 is 1.21 bits per heavy atom. The highest BCUT2D eigenvalue weighted by molar-refractivity contribution is 8.12. The lowest BCUT2D eigenvalue weighted by atomic mass is 9.83. The van der Waals surface area contributed by atoms with Gasteiger partial charge in [-0.05, 0) is 22.7 Å². The third-order valence-corrected chi connectivity index (χ3v) is 8.60. The highest BCUT2D eigenvalue weighted by Gasteiger charge is 2.58. The van der Waals surface area contributed by atoms with Crippen LogP contribution in [-0.2, 0) is 28.7 Å².